The highest BCUT2D eigenvalue weighted by Gasteiger charge is 2.18. The van der Waals surface area contributed by atoms with Gasteiger partial charge in [0.1, 0.15) is 5.75 Å². The van der Waals surface area contributed by atoms with Crippen LogP contribution in [0.25, 0.3) is 0 Å². The largest absolute Gasteiger partial charge is 0.497 e. The summed E-state index contributed by atoms with van der Waals surface area (Å²) in [6, 6.07) is 18.0. The Labute approximate surface area is 213 Å². The van der Waals surface area contributed by atoms with Crippen molar-refractivity contribution < 1.29 is 22.7 Å². The van der Waals surface area contributed by atoms with Crippen LogP contribution >= 0.6 is 0 Å². The van der Waals surface area contributed by atoms with Gasteiger partial charge in [0.25, 0.3) is 11.8 Å². The van der Waals surface area contributed by atoms with Gasteiger partial charge < -0.3 is 15.4 Å². The van der Waals surface area contributed by atoms with E-state index in [2.05, 4.69) is 35.8 Å². The van der Waals surface area contributed by atoms with Crippen LogP contribution < -0.4 is 15.4 Å². The Morgan fingerprint density at radius 1 is 0.833 bits per heavy atom. The molecule has 0 spiro atoms. The molecule has 0 bridgehead atoms. The van der Waals surface area contributed by atoms with Gasteiger partial charge in [0.05, 0.1) is 24.0 Å². The normalized spacial score (nSPS) is 10.4. The number of hydrogen-bond acceptors (Lipinski definition) is 6. The Morgan fingerprint density at radius 3 is 1.97 bits per heavy atom. The highest BCUT2D eigenvalue weighted by Crippen LogP contribution is 2.26. The molecule has 0 radical (unpaired) electrons. The number of rotatable bonds is 6. The highest BCUT2D eigenvalue weighted by molar-refractivity contribution is 7.61. The smallest absolute Gasteiger partial charge is 0.316 e. The number of nitrogens with one attached hydrogen (secondary N) is 2. The van der Waals surface area contributed by atoms with Crippen molar-refractivity contribution in [2.45, 2.75) is 40.0 Å². The maximum Gasteiger partial charge on any atom is 0.316 e. The molecule has 0 saturated heterocycles. The molecular weight excluding hydrogens is 478 g/mol. The fourth-order valence-corrected chi connectivity index (χ4v) is 3.45. The fourth-order valence-electron chi connectivity index (χ4n) is 3.17. The molecule has 2 amide bonds. The molecule has 0 unspecified atom stereocenters. The first-order valence-electron chi connectivity index (χ1n) is 11.4. The lowest BCUT2D eigenvalue weighted by Crippen LogP contribution is -2.18. The van der Waals surface area contributed by atoms with Gasteiger partial charge in [-0.3, -0.25) is 9.59 Å². The predicted molar refractivity (Wildman–Crippen MR) is 143 cm³/mol. The van der Waals surface area contributed by atoms with E-state index in [1.54, 1.807) is 43.5 Å². The summed E-state index contributed by atoms with van der Waals surface area (Å²) < 4.78 is 30.6. The molecular formula is C27H31N3O5S. The SMILES string of the molecule is CC.COc1ccc(NC(=O)c2ccc(N=S(=O)=O)cc2NC(=O)c2ccc(C(C)(C)C)cc2)cc1. The van der Waals surface area contributed by atoms with E-state index in [0.29, 0.717) is 17.0 Å². The summed E-state index contributed by atoms with van der Waals surface area (Å²) in [6.07, 6.45) is 0. The first kappa shape index (κ1) is 28.3. The number of methoxy groups -OCH3 is 1. The summed E-state index contributed by atoms with van der Waals surface area (Å²) in [5, 5.41) is 5.45. The van der Waals surface area contributed by atoms with E-state index in [-0.39, 0.29) is 22.4 Å². The standard InChI is InChI=1S/C25H25N3O5S.C2H6/c1-25(2,3)17-7-5-16(6-8-17)23(29)27-22-15-19(28-34(31)32)11-14-21(22)24(30)26-18-9-12-20(33-4)13-10-18;1-2/h5-15H,1-4H3,(H,26,30)(H,27,29);1-2H3. The summed E-state index contributed by atoms with van der Waals surface area (Å²) in [6.45, 7) is 10.2. The lowest BCUT2D eigenvalue weighted by Gasteiger charge is -2.19. The number of hydrogen-bond donors (Lipinski definition) is 2. The molecule has 0 atom stereocenters. The Hall–Kier alpha value is -3.98. The summed E-state index contributed by atoms with van der Waals surface area (Å²) in [5.41, 5.74) is 2.27. The molecule has 2 N–H and O–H groups in total. The van der Waals surface area contributed by atoms with Crippen molar-refractivity contribution in [3.05, 3.63) is 83.4 Å². The first-order valence-corrected chi connectivity index (χ1v) is 12.4. The van der Waals surface area contributed by atoms with Gasteiger partial charge in [0, 0.05) is 11.3 Å². The molecule has 8 nitrogen and oxygen atoms in total. The Morgan fingerprint density at radius 2 is 1.44 bits per heavy atom. The minimum atomic E-state index is -2.69. The van der Waals surface area contributed by atoms with Gasteiger partial charge in [-0.2, -0.15) is 8.42 Å². The zero-order valence-electron chi connectivity index (χ0n) is 21.2. The van der Waals surface area contributed by atoms with Gasteiger partial charge in [-0.15, -0.1) is 4.36 Å². The van der Waals surface area contributed by atoms with Crippen LogP contribution in [0.4, 0.5) is 17.1 Å². The van der Waals surface area contributed by atoms with E-state index in [4.69, 9.17) is 4.74 Å². The fraction of sp³-hybridized carbons (Fsp3) is 0.259. The maximum absolute atomic E-state index is 12.9. The molecule has 9 heteroatoms. The quantitative estimate of drug-likeness (QED) is 0.410. The van der Waals surface area contributed by atoms with Crippen LogP contribution in [0.5, 0.6) is 5.75 Å². The van der Waals surface area contributed by atoms with E-state index in [0.717, 1.165) is 5.56 Å². The molecule has 3 aromatic rings. The minimum Gasteiger partial charge on any atom is -0.497 e. The van der Waals surface area contributed by atoms with Crippen LogP contribution in [0.15, 0.2) is 71.1 Å². The number of anilines is 2. The second-order valence-electron chi connectivity index (χ2n) is 8.50. The predicted octanol–water partition coefficient (Wildman–Crippen LogP) is 6.22. The monoisotopic (exact) mass is 509 g/mol. The van der Waals surface area contributed by atoms with Crippen molar-refractivity contribution in [3.63, 3.8) is 0 Å². The van der Waals surface area contributed by atoms with Gasteiger partial charge >= 0.3 is 10.5 Å². The molecule has 0 aliphatic rings. The van der Waals surface area contributed by atoms with Gasteiger partial charge in [0.15, 0.2) is 0 Å². The molecule has 3 rings (SSSR count). The lowest BCUT2D eigenvalue weighted by atomic mass is 9.86. The van der Waals surface area contributed by atoms with Crippen LogP contribution in [0.1, 0.15) is 60.9 Å². The third-order valence-corrected chi connectivity index (χ3v) is 5.40. The Balaban J connectivity index is 0.00000222. The number of benzene rings is 3. The molecule has 0 aromatic heterocycles. The van der Waals surface area contributed by atoms with Crippen molar-refractivity contribution in [1.29, 1.82) is 0 Å². The van der Waals surface area contributed by atoms with Gasteiger partial charge in [0.2, 0.25) is 0 Å². The van der Waals surface area contributed by atoms with Gasteiger partial charge in [-0.05, 0) is 65.6 Å². The summed E-state index contributed by atoms with van der Waals surface area (Å²) in [4.78, 5) is 25.9. The molecule has 0 aliphatic carbocycles. The van der Waals surface area contributed by atoms with Crippen LogP contribution in [-0.2, 0) is 15.9 Å². The molecule has 0 fully saturated rings. The first-order chi connectivity index (χ1) is 17.1. The number of amides is 2. The number of carbonyl (C=O) groups is 2. The number of nitrogens with zero attached hydrogens (tertiary/aromatic N) is 1. The van der Waals surface area contributed by atoms with E-state index in [1.807, 2.05) is 26.0 Å². The summed E-state index contributed by atoms with van der Waals surface area (Å²) in [5.74, 6) is -0.294. The topological polar surface area (TPSA) is 114 Å². The van der Waals surface area contributed by atoms with E-state index >= 15 is 0 Å². The maximum atomic E-state index is 12.9. The zero-order valence-corrected chi connectivity index (χ0v) is 22.1. The molecule has 36 heavy (non-hydrogen) atoms. The highest BCUT2D eigenvalue weighted by atomic mass is 32.2. The van der Waals surface area contributed by atoms with Gasteiger partial charge in [-0.25, -0.2) is 0 Å². The average Bonchev–Trinajstić information content (AvgIpc) is 2.85. The second kappa shape index (κ2) is 12.6. The Kier molecular flexibility index (Phi) is 9.93. The van der Waals surface area contributed by atoms with Crippen LogP contribution in [0.3, 0.4) is 0 Å². The molecule has 190 valence electrons. The minimum absolute atomic E-state index is 0.0640. The number of carbonyl (C=O) groups excluding carboxylic acids is 2. The van der Waals surface area contributed by atoms with Gasteiger partial charge in [-0.1, -0.05) is 46.8 Å². The molecule has 0 aliphatic heterocycles. The van der Waals surface area contributed by atoms with E-state index in [1.165, 1.54) is 18.2 Å². The van der Waals surface area contributed by atoms with Crippen LogP contribution in [0, 0.1) is 0 Å². The van der Waals surface area contributed by atoms with E-state index in [9.17, 15) is 18.0 Å². The van der Waals surface area contributed by atoms with Crippen LogP contribution in [0.2, 0.25) is 0 Å². The van der Waals surface area contributed by atoms with Crippen molar-refractivity contribution in [2.24, 2.45) is 4.36 Å². The molecule has 0 heterocycles. The summed E-state index contributed by atoms with van der Waals surface area (Å²) >= 11 is 0. The van der Waals surface area contributed by atoms with Crippen molar-refractivity contribution in [2.75, 3.05) is 17.7 Å². The third-order valence-electron chi connectivity index (χ3n) is 5.04. The third kappa shape index (κ3) is 7.78. The molecule has 3 aromatic carbocycles. The van der Waals surface area contributed by atoms with Crippen molar-refractivity contribution in [3.8, 4) is 5.75 Å². The second-order valence-corrected chi connectivity index (χ2v) is 9.12. The number of ether oxygens (including phenoxy) is 1. The Bertz CT molecular complexity index is 1330. The van der Waals surface area contributed by atoms with Crippen molar-refractivity contribution >= 4 is 39.4 Å². The zero-order chi connectivity index (χ0) is 26.9. The van der Waals surface area contributed by atoms with E-state index < -0.39 is 22.3 Å². The van der Waals surface area contributed by atoms with Crippen molar-refractivity contribution in [1.82, 2.24) is 0 Å². The molecule has 0 saturated carbocycles. The summed E-state index contributed by atoms with van der Waals surface area (Å²) in [7, 11) is -1.14. The lowest BCUT2D eigenvalue weighted by molar-refractivity contribution is 0.102. The average molecular weight is 510 g/mol. The van der Waals surface area contributed by atoms with Crippen LogP contribution in [-0.4, -0.2) is 27.3 Å².